The van der Waals surface area contributed by atoms with Crippen molar-refractivity contribution in [2.45, 2.75) is 20.4 Å². The van der Waals surface area contributed by atoms with E-state index in [1.165, 1.54) is 0 Å². The standard InChI is InChI=1S/C16H16ClN3O4/c1-9-12(10(2)24-19-9)7-20-13-5-11(18-15(21)6-17)3-4-14(13)23-8-16(20)22/h3-5H,6-8H2,1-2H3,(H,18,21). The number of alkyl halides is 1. The lowest BCUT2D eigenvalue weighted by molar-refractivity contribution is -0.121. The highest BCUT2D eigenvalue weighted by Gasteiger charge is 2.28. The van der Waals surface area contributed by atoms with E-state index in [1.807, 2.05) is 6.92 Å². The molecule has 0 radical (unpaired) electrons. The van der Waals surface area contributed by atoms with Crippen LogP contribution in [0.3, 0.4) is 0 Å². The molecule has 0 atom stereocenters. The Morgan fingerprint density at radius 2 is 2.21 bits per heavy atom. The van der Waals surface area contributed by atoms with Crippen molar-refractivity contribution in [2.24, 2.45) is 0 Å². The van der Waals surface area contributed by atoms with Gasteiger partial charge < -0.3 is 19.5 Å². The van der Waals surface area contributed by atoms with Gasteiger partial charge in [-0.3, -0.25) is 9.59 Å². The molecule has 1 aromatic carbocycles. The number of anilines is 2. The van der Waals surface area contributed by atoms with Crippen LogP contribution in [-0.4, -0.2) is 29.5 Å². The molecule has 0 saturated carbocycles. The minimum atomic E-state index is -0.322. The lowest BCUT2D eigenvalue weighted by atomic mass is 10.1. The third-order valence-electron chi connectivity index (χ3n) is 3.80. The molecule has 126 valence electrons. The third kappa shape index (κ3) is 3.07. The smallest absolute Gasteiger partial charge is 0.265 e. The van der Waals surface area contributed by atoms with Gasteiger partial charge in [-0.15, -0.1) is 11.6 Å². The van der Waals surface area contributed by atoms with Crippen molar-refractivity contribution in [2.75, 3.05) is 22.7 Å². The summed E-state index contributed by atoms with van der Waals surface area (Å²) in [5, 5.41) is 6.58. The Labute approximate surface area is 143 Å². The first-order chi connectivity index (χ1) is 11.5. The van der Waals surface area contributed by atoms with Gasteiger partial charge in [0.1, 0.15) is 17.4 Å². The van der Waals surface area contributed by atoms with Crippen LogP contribution in [0, 0.1) is 13.8 Å². The van der Waals surface area contributed by atoms with Gasteiger partial charge in [0.2, 0.25) is 5.91 Å². The molecule has 0 spiro atoms. The van der Waals surface area contributed by atoms with Gasteiger partial charge in [-0.2, -0.15) is 0 Å². The molecule has 0 fully saturated rings. The van der Waals surface area contributed by atoms with Crippen molar-refractivity contribution >= 4 is 34.8 Å². The number of nitrogens with zero attached hydrogens (tertiary/aromatic N) is 2. The molecule has 7 nitrogen and oxygen atoms in total. The lowest BCUT2D eigenvalue weighted by Gasteiger charge is -2.29. The summed E-state index contributed by atoms with van der Waals surface area (Å²) < 4.78 is 10.6. The number of halogens is 1. The number of hydrogen-bond acceptors (Lipinski definition) is 5. The number of hydrogen-bond donors (Lipinski definition) is 1. The molecular weight excluding hydrogens is 334 g/mol. The van der Waals surface area contributed by atoms with Crippen LogP contribution in [-0.2, 0) is 16.1 Å². The Kier molecular flexibility index (Phi) is 4.44. The van der Waals surface area contributed by atoms with Crippen molar-refractivity contribution < 1.29 is 18.8 Å². The number of ether oxygens (including phenoxy) is 1. The fraction of sp³-hybridized carbons (Fsp3) is 0.312. The highest BCUT2D eigenvalue weighted by molar-refractivity contribution is 6.29. The predicted octanol–water partition coefficient (Wildman–Crippen LogP) is 2.39. The van der Waals surface area contributed by atoms with Gasteiger partial charge >= 0.3 is 0 Å². The molecule has 0 unspecified atom stereocenters. The second-order valence-electron chi connectivity index (χ2n) is 5.44. The molecule has 1 aromatic heterocycles. The molecule has 24 heavy (non-hydrogen) atoms. The number of amides is 2. The third-order valence-corrected chi connectivity index (χ3v) is 4.05. The van der Waals surface area contributed by atoms with Crippen LogP contribution in [0.1, 0.15) is 17.0 Å². The van der Waals surface area contributed by atoms with E-state index >= 15 is 0 Å². The average Bonchev–Trinajstić information content (AvgIpc) is 2.89. The first kappa shape index (κ1) is 16.3. The Morgan fingerprint density at radius 1 is 1.42 bits per heavy atom. The molecule has 1 N–H and O–H groups in total. The molecule has 1 aliphatic heterocycles. The molecule has 2 aromatic rings. The minimum absolute atomic E-state index is 0.0379. The second-order valence-corrected chi connectivity index (χ2v) is 5.70. The summed E-state index contributed by atoms with van der Waals surface area (Å²) in [6.45, 7) is 3.92. The van der Waals surface area contributed by atoms with E-state index in [0.717, 1.165) is 11.3 Å². The summed E-state index contributed by atoms with van der Waals surface area (Å²) in [6.07, 6.45) is 0. The maximum atomic E-state index is 12.3. The zero-order valence-electron chi connectivity index (χ0n) is 13.3. The van der Waals surface area contributed by atoms with Crippen molar-refractivity contribution in [1.29, 1.82) is 0 Å². The van der Waals surface area contributed by atoms with Crippen LogP contribution in [0.15, 0.2) is 22.7 Å². The van der Waals surface area contributed by atoms with E-state index < -0.39 is 0 Å². The van der Waals surface area contributed by atoms with Gasteiger partial charge in [0, 0.05) is 11.3 Å². The monoisotopic (exact) mass is 349 g/mol. The fourth-order valence-corrected chi connectivity index (χ4v) is 2.60. The van der Waals surface area contributed by atoms with E-state index in [9.17, 15) is 9.59 Å². The van der Waals surface area contributed by atoms with E-state index in [4.69, 9.17) is 20.9 Å². The number of benzene rings is 1. The Morgan fingerprint density at radius 3 is 2.88 bits per heavy atom. The van der Waals surface area contributed by atoms with E-state index in [2.05, 4.69) is 10.5 Å². The Bertz CT molecular complexity index is 783. The zero-order chi connectivity index (χ0) is 17.3. The lowest BCUT2D eigenvalue weighted by Crippen LogP contribution is -2.38. The molecule has 0 saturated heterocycles. The SMILES string of the molecule is Cc1noc(C)c1CN1C(=O)COc2ccc(NC(=O)CCl)cc21. The maximum absolute atomic E-state index is 12.3. The summed E-state index contributed by atoms with van der Waals surface area (Å²) in [7, 11) is 0. The average molecular weight is 350 g/mol. The van der Waals surface area contributed by atoms with E-state index in [-0.39, 0.29) is 24.3 Å². The Hall–Kier alpha value is -2.54. The van der Waals surface area contributed by atoms with Crippen LogP contribution >= 0.6 is 11.6 Å². The fourth-order valence-electron chi connectivity index (χ4n) is 2.53. The summed E-state index contributed by atoms with van der Waals surface area (Å²) in [5.74, 6) is 0.598. The topological polar surface area (TPSA) is 84.7 Å². The molecule has 0 bridgehead atoms. The number of aryl methyl sites for hydroxylation is 2. The first-order valence-electron chi connectivity index (χ1n) is 7.34. The van der Waals surface area contributed by atoms with Crippen molar-refractivity contribution in [3.63, 3.8) is 0 Å². The second kappa shape index (κ2) is 6.52. The number of fused-ring (bicyclic) bond motifs is 1. The zero-order valence-corrected chi connectivity index (χ0v) is 14.0. The minimum Gasteiger partial charge on any atom is -0.482 e. The molecule has 1 aliphatic rings. The molecule has 3 rings (SSSR count). The summed E-state index contributed by atoms with van der Waals surface area (Å²) in [4.78, 5) is 25.4. The normalized spacial score (nSPS) is 13.5. The largest absolute Gasteiger partial charge is 0.482 e. The predicted molar refractivity (Wildman–Crippen MR) is 88.5 cm³/mol. The number of aromatic nitrogens is 1. The van der Waals surface area contributed by atoms with Crippen LogP contribution in [0.5, 0.6) is 5.75 Å². The molecular formula is C16H16ClN3O4. The van der Waals surface area contributed by atoms with Crippen LogP contribution in [0.25, 0.3) is 0 Å². The van der Waals surface area contributed by atoms with Crippen molar-refractivity contribution in [3.8, 4) is 5.75 Å². The summed E-state index contributed by atoms with van der Waals surface area (Å²) in [5.41, 5.74) is 2.71. The molecule has 2 heterocycles. The highest BCUT2D eigenvalue weighted by Crippen LogP contribution is 2.36. The molecule has 2 amide bonds. The Balaban J connectivity index is 1.95. The van der Waals surface area contributed by atoms with Gasteiger partial charge in [0.25, 0.3) is 5.91 Å². The van der Waals surface area contributed by atoms with Gasteiger partial charge in [0.05, 0.1) is 17.9 Å². The first-order valence-corrected chi connectivity index (χ1v) is 7.88. The van der Waals surface area contributed by atoms with Gasteiger partial charge in [-0.1, -0.05) is 5.16 Å². The van der Waals surface area contributed by atoms with Crippen LogP contribution in [0.2, 0.25) is 0 Å². The molecule has 0 aliphatic carbocycles. The van der Waals surface area contributed by atoms with Gasteiger partial charge in [0.15, 0.2) is 6.61 Å². The number of carbonyl (C=O) groups excluding carboxylic acids is 2. The van der Waals surface area contributed by atoms with Crippen LogP contribution in [0.4, 0.5) is 11.4 Å². The quantitative estimate of drug-likeness (QED) is 0.857. The number of nitrogens with one attached hydrogen (secondary N) is 1. The van der Waals surface area contributed by atoms with Gasteiger partial charge in [-0.25, -0.2) is 0 Å². The summed E-state index contributed by atoms with van der Waals surface area (Å²) in [6, 6.07) is 5.11. The number of carbonyl (C=O) groups is 2. The summed E-state index contributed by atoms with van der Waals surface area (Å²) >= 11 is 5.51. The molecule has 8 heteroatoms. The van der Waals surface area contributed by atoms with Crippen LogP contribution < -0.4 is 15.0 Å². The number of rotatable bonds is 4. The van der Waals surface area contributed by atoms with E-state index in [1.54, 1.807) is 30.0 Å². The van der Waals surface area contributed by atoms with Crippen molar-refractivity contribution in [3.05, 3.63) is 35.2 Å². The highest BCUT2D eigenvalue weighted by atomic mass is 35.5. The van der Waals surface area contributed by atoms with Gasteiger partial charge in [-0.05, 0) is 32.0 Å². The maximum Gasteiger partial charge on any atom is 0.265 e. The van der Waals surface area contributed by atoms with E-state index in [0.29, 0.717) is 29.4 Å². The van der Waals surface area contributed by atoms with Crippen molar-refractivity contribution in [1.82, 2.24) is 5.16 Å².